The van der Waals surface area contributed by atoms with Crippen molar-refractivity contribution in [3.05, 3.63) is 77.5 Å². The maximum Gasteiger partial charge on any atom is 0.0411 e. The summed E-state index contributed by atoms with van der Waals surface area (Å²) in [5, 5.41) is 0. The van der Waals surface area contributed by atoms with Gasteiger partial charge >= 0.3 is 0 Å². The molecule has 0 radical (unpaired) electrons. The predicted octanol–water partition coefficient (Wildman–Crippen LogP) is 11.0. The number of hydrogen-bond donors (Lipinski definition) is 1. The van der Waals surface area contributed by atoms with Crippen LogP contribution in [0.3, 0.4) is 0 Å². The normalized spacial score (nSPS) is 17.7. The Morgan fingerprint density at radius 2 is 0.894 bits per heavy atom. The smallest absolute Gasteiger partial charge is 0.0411 e. The fraction of sp³-hybridized carbons (Fsp3) is 0.628. The molecule has 0 saturated heterocycles. The summed E-state index contributed by atoms with van der Waals surface area (Å²) in [5.74, 6) is 0. The summed E-state index contributed by atoms with van der Waals surface area (Å²) >= 11 is 0. The van der Waals surface area contributed by atoms with Crippen LogP contribution in [-0.2, 0) is 5.41 Å². The van der Waals surface area contributed by atoms with Crippen LogP contribution in [0.25, 0.3) is 5.57 Å². The van der Waals surface area contributed by atoms with Gasteiger partial charge < -0.3 is 20.4 Å². The van der Waals surface area contributed by atoms with Crippen LogP contribution in [0, 0.1) is 0 Å². The number of allylic oxidation sites excluding steroid dienone is 1. The second-order valence-corrected chi connectivity index (χ2v) is 14.0. The van der Waals surface area contributed by atoms with Crippen LogP contribution in [0.4, 0.5) is 11.4 Å². The zero-order chi connectivity index (χ0) is 34.1. The molecule has 2 atom stereocenters. The molecule has 0 heterocycles. The number of nitrogens with zero attached hydrogens (tertiary/aromatic N) is 3. The van der Waals surface area contributed by atoms with Gasteiger partial charge in [-0.3, -0.25) is 0 Å². The molecule has 2 unspecified atom stereocenters. The van der Waals surface area contributed by atoms with E-state index < -0.39 is 0 Å². The number of benzene rings is 2. The van der Waals surface area contributed by atoms with Crippen molar-refractivity contribution in [2.24, 2.45) is 5.73 Å². The lowest BCUT2D eigenvalue weighted by atomic mass is 9.65. The summed E-state index contributed by atoms with van der Waals surface area (Å²) in [6.45, 7) is 22.8. The third kappa shape index (κ3) is 10.4. The largest absolute Gasteiger partial charge is 0.372 e. The summed E-state index contributed by atoms with van der Waals surface area (Å²) in [6.07, 6.45) is 19.2. The standard InChI is InChI=1S/C43H70N4/c1-8-14-30-45(31-15-9-2)38-24-20-36(21-25-38)42-40(47(34-18-12-5)35-19-13-6)28-29-41(44)43(42,7)37-22-26-39(27-23-37)46(32-16-10-3)33-17-11-4/h20-29,41H,8-19,30-35,44H2,1-7H3. The summed E-state index contributed by atoms with van der Waals surface area (Å²) < 4.78 is 0. The molecule has 4 heteroatoms. The second kappa shape index (κ2) is 20.6. The lowest BCUT2D eigenvalue weighted by Crippen LogP contribution is -2.46. The lowest BCUT2D eigenvalue weighted by molar-refractivity contribution is 0.335. The van der Waals surface area contributed by atoms with Gasteiger partial charge in [0.1, 0.15) is 0 Å². The average molecular weight is 643 g/mol. The highest BCUT2D eigenvalue weighted by molar-refractivity contribution is 5.82. The van der Waals surface area contributed by atoms with Crippen molar-refractivity contribution in [2.45, 2.75) is 137 Å². The van der Waals surface area contributed by atoms with Gasteiger partial charge in [0.2, 0.25) is 0 Å². The van der Waals surface area contributed by atoms with Gasteiger partial charge in [-0.05, 0) is 92.5 Å². The van der Waals surface area contributed by atoms with Crippen LogP contribution in [0.2, 0.25) is 0 Å². The predicted molar refractivity (Wildman–Crippen MR) is 210 cm³/mol. The van der Waals surface area contributed by atoms with Gasteiger partial charge in [0, 0.05) is 67.8 Å². The Bertz CT molecular complexity index is 1170. The van der Waals surface area contributed by atoms with Crippen molar-refractivity contribution >= 4 is 16.9 Å². The minimum atomic E-state index is -0.359. The number of nitrogens with two attached hydrogens (primary N) is 1. The van der Waals surface area contributed by atoms with E-state index in [0.717, 1.165) is 39.3 Å². The quantitative estimate of drug-likeness (QED) is 0.131. The minimum Gasteiger partial charge on any atom is -0.372 e. The molecular weight excluding hydrogens is 573 g/mol. The molecule has 0 aromatic heterocycles. The molecule has 262 valence electrons. The van der Waals surface area contributed by atoms with Gasteiger partial charge in [-0.1, -0.05) is 110 Å². The Balaban J connectivity index is 2.15. The van der Waals surface area contributed by atoms with E-state index >= 15 is 0 Å². The number of anilines is 2. The fourth-order valence-electron chi connectivity index (χ4n) is 7.00. The SMILES string of the molecule is CCCCN(CCCC)C1=C(c2ccc(N(CCCC)CCCC)cc2)C(C)(c2ccc(N(CCCC)CCCC)cc2)C(N)C=C1. The first-order valence-corrected chi connectivity index (χ1v) is 19.5. The molecule has 0 saturated carbocycles. The zero-order valence-corrected chi connectivity index (χ0v) is 31.5. The highest BCUT2D eigenvalue weighted by atomic mass is 15.1. The minimum absolute atomic E-state index is 0.118. The Morgan fingerprint density at radius 3 is 1.28 bits per heavy atom. The van der Waals surface area contributed by atoms with E-state index in [1.54, 1.807) is 0 Å². The van der Waals surface area contributed by atoms with E-state index in [4.69, 9.17) is 5.73 Å². The van der Waals surface area contributed by atoms with Gasteiger partial charge in [-0.25, -0.2) is 0 Å². The van der Waals surface area contributed by atoms with Gasteiger partial charge in [0.05, 0.1) is 0 Å². The number of hydrogen-bond acceptors (Lipinski definition) is 4. The average Bonchev–Trinajstić information content (AvgIpc) is 3.10. The Labute approximate surface area is 290 Å². The van der Waals surface area contributed by atoms with Crippen molar-refractivity contribution in [1.29, 1.82) is 0 Å². The zero-order valence-electron chi connectivity index (χ0n) is 31.5. The van der Waals surface area contributed by atoms with Gasteiger partial charge in [-0.2, -0.15) is 0 Å². The maximum absolute atomic E-state index is 7.19. The molecule has 2 aromatic carbocycles. The summed E-state index contributed by atoms with van der Waals surface area (Å²) in [7, 11) is 0. The van der Waals surface area contributed by atoms with Crippen LogP contribution < -0.4 is 15.5 Å². The van der Waals surface area contributed by atoms with Crippen molar-refractivity contribution < 1.29 is 0 Å². The first kappa shape index (κ1) is 38.7. The van der Waals surface area contributed by atoms with E-state index in [1.165, 1.54) is 111 Å². The van der Waals surface area contributed by atoms with Crippen molar-refractivity contribution in [3.63, 3.8) is 0 Å². The fourth-order valence-corrected chi connectivity index (χ4v) is 7.00. The molecule has 0 bridgehead atoms. The Morgan fingerprint density at radius 1 is 0.532 bits per heavy atom. The van der Waals surface area contributed by atoms with Gasteiger partial charge in [-0.15, -0.1) is 0 Å². The van der Waals surface area contributed by atoms with Crippen LogP contribution in [0.5, 0.6) is 0 Å². The van der Waals surface area contributed by atoms with Crippen molar-refractivity contribution in [1.82, 2.24) is 4.90 Å². The van der Waals surface area contributed by atoms with Crippen molar-refractivity contribution in [3.8, 4) is 0 Å². The monoisotopic (exact) mass is 643 g/mol. The van der Waals surface area contributed by atoms with Crippen LogP contribution in [-0.4, -0.2) is 50.2 Å². The van der Waals surface area contributed by atoms with E-state index in [-0.39, 0.29) is 11.5 Å². The molecule has 1 aliphatic carbocycles. The highest BCUT2D eigenvalue weighted by Crippen LogP contribution is 2.47. The van der Waals surface area contributed by atoms with Gasteiger partial charge in [0.15, 0.2) is 0 Å². The van der Waals surface area contributed by atoms with Crippen molar-refractivity contribution in [2.75, 3.05) is 49.1 Å². The highest BCUT2D eigenvalue weighted by Gasteiger charge is 2.41. The first-order chi connectivity index (χ1) is 22.9. The second-order valence-electron chi connectivity index (χ2n) is 14.0. The van der Waals surface area contributed by atoms with Crippen LogP contribution in [0.1, 0.15) is 137 Å². The number of rotatable bonds is 23. The first-order valence-electron chi connectivity index (χ1n) is 19.5. The van der Waals surface area contributed by atoms with Crippen LogP contribution in [0.15, 0.2) is 66.4 Å². The summed E-state index contributed by atoms with van der Waals surface area (Å²) in [4.78, 5) is 7.84. The Hall–Kier alpha value is -2.72. The summed E-state index contributed by atoms with van der Waals surface area (Å²) in [5.41, 5.74) is 14.8. The molecule has 4 nitrogen and oxygen atoms in total. The molecule has 0 fully saturated rings. The molecule has 1 aliphatic rings. The van der Waals surface area contributed by atoms with E-state index in [0.29, 0.717) is 0 Å². The topological polar surface area (TPSA) is 35.7 Å². The third-order valence-corrected chi connectivity index (χ3v) is 10.3. The van der Waals surface area contributed by atoms with E-state index in [9.17, 15) is 0 Å². The summed E-state index contributed by atoms with van der Waals surface area (Å²) in [6, 6.07) is 18.9. The molecule has 0 spiro atoms. The Kier molecular flexibility index (Phi) is 17.0. The third-order valence-electron chi connectivity index (χ3n) is 10.3. The van der Waals surface area contributed by atoms with Crippen LogP contribution >= 0.6 is 0 Å². The molecule has 47 heavy (non-hydrogen) atoms. The maximum atomic E-state index is 7.19. The van der Waals surface area contributed by atoms with Gasteiger partial charge in [0.25, 0.3) is 0 Å². The molecule has 2 aromatic rings. The van der Waals surface area contributed by atoms with E-state index in [2.05, 4.69) is 124 Å². The molecular formula is C43H70N4. The molecule has 3 rings (SSSR count). The lowest BCUT2D eigenvalue weighted by Gasteiger charge is -2.44. The van der Waals surface area contributed by atoms with E-state index in [1.807, 2.05) is 0 Å². The number of unbranched alkanes of at least 4 members (excludes halogenated alkanes) is 6. The molecule has 0 aliphatic heterocycles. The molecule has 0 amide bonds. The molecule has 2 N–H and O–H groups in total.